The van der Waals surface area contributed by atoms with Crippen LogP contribution in [0, 0.1) is 5.92 Å². The molecule has 2 fully saturated rings. The predicted molar refractivity (Wildman–Crippen MR) is 67.1 cm³/mol. The highest BCUT2D eigenvalue weighted by atomic mass is 16.6. The third kappa shape index (κ3) is 3.37. The Bertz CT molecular complexity index is 319. The molecule has 102 valence electrons. The number of cyclic esters (lactones) is 1. The molecule has 2 saturated heterocycles. The summed E-state index contributed by atoms with van der Waals surface area (Å²) >= 11 is 0. The van der Waals surface area contributed by atoms with Crippen LogP contribution in [-0.2, 0) is 9.53 Å². The molecule has 0 saturated carbocycles. The van der Waals surface area contributed by atoms with Gasteiger partial charge in [-0.25, -0.2) is 4.79 Å². The molecule has 2 amide bonds. The first-order valence-corrected chi connectivity index (χ1v) is 6.86. The molecule has 1 atom stereocenters. The second-order valence-corrected chi connectivity index (χ2v) is 5.29. The van der Waals surface area contributed by atoms with E-state index in [0.717, 1.165) is 25.9 Å². The summed E-state index contributed by atoms with van der Waals surface area (Å²) in [5.41, 5.74) is 0. The van der Waals surface area contributed by atoms with Crippen molar-refractivity contribution in [1.29, 1.82) is 0 Å². The van der Waals surface area contributed by atoms with Crippen molar-refractivity contribution < 1.29 is 14.3 Å². The van der Waals surface area contributed by atoms with Crippen molar-refractivity contribution in [3.8, 4) is 0 Å². The third-order valence-electron chi connectivity index (χ3n) is 3.66. The first kappa shape index (κ1) is 13.2. The number of hydrogen-bond donors (Lipinski definition) is 0. The van der Waals surface area contributed by atoms with Gasteiger partial charge in [-0.05, 0) is 25.2 Å². The smallest absolute Gasteiger partial charge is 0.409 e. The minimum atomic E-state index is -0.277. The molecule has 0 aliphatic carbocycles. The molecular weight excluding hydrogens is 232 g/mol. The highest BCUT2D eigenvalue weighted by molar-refractivity contribution is 5.77. The van der Waals surface area contributed by atoms with Gasteiger partial charge in [0.25, 0.3) is 0 Å². The molecule has 0 N–H and O–H groups in total. The first-order valence-electron chi connectivity index (χ1n) is 6.86. The van der Waals surface area contributed by atoms with Gasteiger partial charge in [-0.1, -0.05) is 6.92 Å². The van der Waals surface area contributed by atoms with Gasteiger partial charge in [-0.3, -0.25) is 4.79 Å². The van der Waals surface area contributed by atoms with Gasteiger partial charge in [-0.2, -0.15) is 0 Å². The molecule has 0 radical (unpaired) electrons. The van der Waals surface area contributed by atoms with Gasteiger partial charge in [-0.15, -0.1) is 0 Å². The summed E-state index contributed by atoms with van der Waals surface area (Å²) in [5, 5.41) is 0. The number of carbonyl (C=O) groups is 2. The Hall–Kier alpha value is -1.26. The molecule has 1 unspecified atom stereocenters. The van der Waals surface area contributed by atoms with Crippen LogP contribution >= 0.6 is 0 Å². The second kappa shape index (κ2) is 6.07. The van der Waals surface area contributed by atoms with Crippen molar-refractivity contribution in [2.75, 3.05) is 32.8 Å². The lowest BCUT2D eigenvalue weighted by Gasteiger charge is -2.32. The molecule has 0 aromatic rings. The fourth-order valence-corrected chi connectivity index (χ4v) is 2.61. The Morgan fingerprint density at radius 1 is 1.39 bits per heavy atom. The minimum absolute atomic E-state index is 0.167. The van der Waals surface area contributed by atoms with Gasteiger partial charge >= 0.3 is 6.09 Å². The van der Waals surface area contributed by atoms with Crippen LogP contribution < -0.4 is 0 Å². The zero-order valence-electron chi connectivity index (χ0n) is 11.1. The van der Waals surface area contributed by atoms with Crippen LogP contribution in [0.2, 0.25) is 0 Å². The Balaban J connectivity index is 1.75. The topological polar surface area (TPSA) is 49.9 Å². The number of ether oxygens (including phenoxy) is 1. The molecule has 2 aliphatic heterocycles. The van der Waals surface area contributed by atoms with Gasteiger partial charge in [0.05, 0.1) is 6.61 Å². The molecule has 0 bridgehead atoms. The van der Waals surface area contributed by atoms with Gasteiger partial charge in [0, 0.05) is 32.6 Å². The number of hydrogen-bond acceptors (Lipinski definition) is 3. The zero-order valence-corrected chi connectivity index (χ0v) is 11.1. The Morgan fingerprint density at radius 3 is 2.94 bits per heavy atom. The fourth-order valence-electron chi connectivity index (χ4n) is 2.61. The summed E-state index contributed by atoms with van der Waals surface area (Å²) in [5.74, 6) is 0.766. The zero-order chi connectivity index (χ0) is 13.0. The van der Waals surface area contributed by atoms with Crippen LogP contribution in [0.3, 0.4) is 0 Å². The van der Waals surface area contributed by atoms with E-state index in [0.29, 0.717) is 32.0 Å². The van der Waals surface area contributed by atoms with Crippen LogP contribution in [0.1, 0.15) is 32.6 Å². The monoisotopic (exact) mass is 254 g/mol. The molecule has 2 rings (SSSR count). The van der Waals surface area contributed by atoms with Gasteiger partial charge in [0.15, 0.2) is 0 Å². The van der Waals surface area contributed by atoms with Crippen LogP contribution in [0.25, 0.3) is 0 Å². The Morgan fingerprint density at radius 2 is 2.22 bits per heavy atom. The largest absolute Gasteiger partial charge is 0.449 e. The molecule has 0 spiro atoms. The maximum atomic E-state index is 12.0. The number of amides is 2. The van der Waals surface area contributed by atoms with E-state index in [9.17, 15) is 9.59 Å². The average molecular weight is 254 g/mol. The van der Waals surface area contributed by atoms with E-state index in [2.05, 4.69) is 6.92 Å². The second-order valence-electron chi connectivity index (χ2n) is 5.29. The molecule has 2 heterocycles. The summed E-state index contributed by atoms with van der Waals surface area (Å²) in [4.78, 5) is 27.0. The lowest BCUT2D eigenvalue weighted by atomic mass is 10.00. The number of piperidine rings is 1. The van der Waals surface area contributed by atoms with Crippen molar-refractivity contribution in [2.24, 2.45) is 5.92 Å². The Labute approximate surface area is 108 Å². The molecule has 0 aromatic carbocycles. The standard InChI is InChI=1S/C13H22N2O3/c1-11-4-2-6-15(10-11)12(16)5-8-14-7-3-9-18-13(14)17/h11H,2-10H2,1H3. The molecule has 5 nitrogen and oxygen atoms in total. The molecule has 2 aliphatic rings. The molecule has 5 heteroatoms. The van der Waals surface area contributed by atoms with Crippen LogP contribution in [0.5, 0.6) is 0 Å². The summed E-state index contributed by atoms with van der Waals surface area (Å²) in [6.45, 7) is 5.62. The Kier molecular flexibility index (Phi) is 4.44. The van der Waals surface area contributed by atoms with E-state index in [1.807, 2.05) is 4.90 Å². The molecular formula is C13H22N2O3. The van der Waals surface area contributed by atoms with E-state index >= 15 is 0 Å². The normalized spacial score (nSPS) is 24.9. The summed E-state index contributed by atoms with van der Waals surface area (Å²) in [7, 11) is 0. The number of nitrogens with zero attached hydrogens (tertiary/aromatic N) is 2. The molecule has 0 aromatic heterocycles. The highest BCUT2D eigenvalue weighted by Gasteiger charge is 2.24. The highest BCUT2D eigenvalue weighted by Crippen LogP contribution is 2.16. The van der Waals surface area contributed by atoms with Gasteiger partial charge in [0.1, 0.15) is 0 Å². The van der Waals surface area contributed by atoms with E-state index in [1.54, 1.807) is 4.90 Å². The van der Waals surface area contributed by atoms with Gasteiger partial charge in [0.2, 0.25) is 5.91 Å². The summed E-state index contributed by atoms with van der Waals surface area (Å²) in [6.07, 6.45) is 3.31. The first-order chi connectivity index (χ1) is 8.66. The van der Waals surface area contributed by atoms with E-state index in [-0.39, 0.29) is 12.0 Å². The van der Waals surface area contributed by atoms with Crippen molar-refractivity contribution in [1.82, 2.24) is 9.80 Å². The van der Waals surface area contributed by atoms with Crippen LogP contribution in [0.15, 0.2) is 0 Å². The van der Waals surface area contributed by atoms with Gasteiger partial charge < -0.3 is 14.5 Å². The van der Waals surface area contributed by atoms with Crippen molar-refractivity contribution in [3.05, 3.63) is 0 Å². The lowest BCUT2D eigenvalue weighted by molar-refractivity contribution is -0.133. The number of likely N-dealkylation sites (tertiary alicyclic amines) is 1. The predicted octanol–water partition coefficient (Wildman–Crippen LogP) is 1.48. The van der Waals surface area contributed by atoms with Crippen molar-refractivity contribution in [3.63, 3.8) is 0 Å². The van der Waals surface area contributed by atoms with E-state index in [4.69, 9.17) is 4.74 Å². The maximum absolute atomic E-state index is 12.0. The maximum Gasteiger partial charge on any atom is 0.409 e. The van der Waals surface area contributed by atoms with Crippen LogP contribution in [-0.4, -0.2) is 54.6 Å². The quantitative estimate of drug-likeness (QED) is 0.766. The molecule has 18 heavy (non-hydrogen) atoms. The minimum Gasteiger partial charge on any atom is -0.449 e. The fraction of sp³-hybridized carbons (Fsp3) is 0.846. The number of carbonyl (C=O) groups excluding carboxylic acids is 2. The average Bonchev–Trinajstić information content (AvgIpc) is 2.37. The summed E-state index contributed by atoms with van der Waals surface area (Å²) in [6, 6.07) is 0. The van der Waals surface area contributed by atoms with E-state index in [1.165, 1.54) is 6.42 Å². The van der Waals surface area contributed by atoms with E-state index < -0.39 is 0 Å². The number of rotatable bonds is 3. The third-order valence-corrected chi connectivity index (χ3v) is 3.66. The van der Waals surface area contributed by atoms with Crippen molar-refractivity contribution in [2.45, 2.75) is 32.6 Å². The van der Waals surface area contributed by atoms with Crippen molar-refractivity contribution >= 4 is 12.0 Å². The lowest BCUT2D eigenvalue weighted by Crippen LogP contribution is -2.43. The van der Waals surface area contributed by atoms with Crippen LogP contribution in [0.4, 0.5) is 4.79 Å². The SMILES string of the molecule is CC1CCCN(C(=O)CCN2CCCOC2=O)C1. The summed E-state index contributed by atoms with van der Waals surface area (Å²) < 4.78 is 4.95.